The Bertz CT molecular complexity index is 915. The summed E-state index contributed by atoms with van der Waals surface area (Å²) in [7, 11) is 0. The first-order chi connectivity index (χ1) is 13.7. The smallest absolute Gasteiger partial charge is 0.227 e. The Morgan fingerprint density at radius 1 is 0.964 bits per heavy atom. The lowest BCUT2D eigenvalue weighted by Gasteiger charge is -2.34. The molecule has 3 aromatic rings. The van der Waals surface area contributed by atoms with E-state index in [9.17, 15) is 4.79 Å². The molecular formula is C22H24N4OS. The molecule has 2 heterocycles. The van der Waals surface area contributed by atoms with Crippen LogP contribution in [0.5, 0.6) is 0 Å². The van der Waals surface area contributed by atoms with E-state index in [1.54, 1.807) is 0 Å². The molecule has 5 nitrogen and oxygen atoms in total. The summed E-state index contributed by atoms with van der Waals surface area (Å²) < 4.78 is 4.53. The molecule has 4 rings (SSSR count). The molecule has 28 heavy (non-hydrogen) atoms. The maximum Gasteiger partial charge on any atom is 0.227 e. The zero-order valence-corrected chi connectivity index (χ0v) is 16.9. The molecule has 0 atom stereocenters. The molecule has 0 saturated carbocycles. The van der Waals surface area contributed by atoms with E-state index in [1.165, 1.54) is 22.7 Å². The van der Waals surface area contributed by atoms with Crippen LogP contribution in [0.15, 0.2) is 54.6 Å². The number of aryl methyl sites for hydroxylation is 1. The minimum atomic E-state index is 0.197. The minimum absolute atomic E-state index is 0.197. The quantitative estimate of drug-likeness (QED) is 0.668. The van der Waals surface area contributed by atoms with E-state index in [4.69, 9.17) is 4.98 Å². The highest BCUT2D eigenvalue weighted by atomic mass is 32.1. The van der Waals surface area contributed by atoms with Crippen LogP contribution in [0.1, 0.15) is 22.5 Å². The van der Waals surface area contributed by atoms with Crippen molar-refractivity contribution in [3.05, 3.63) is 77.1 Å². The summed E-state index contributed by atoms with van der Waals surface area (Å²) in [6.45, 7) is 5.17. The third-order valence-electron chi connectivity index (χ3n) is 5.04. The van der Waals surface area contributed by atoms with Gasteiger partial charge in [-0.3, -0.25) is 4.79 Å². The third kappa shape index (κ3) is 4.57. The number of carbonyl (C=O) groups excluding carboxylic acids is 1. The molecule has 1 aliphatic rings. The van der Waals surface area contributed by atoms with Gasteiger partial charge in [-0.25, -0.2) is 4.98 Å². The number of amides is 1. The highest BCUT2D eigenvalue weighted by Crippen LogP contribution is 2.21. The molecule has 1 amide bonds. The van der Waals surface area contributed by atoms with Gasteiger partial charge in [0.15, 0.2) is 0 Å². The topological polar surface area (TPSA) is 49.3 Å². The molecule has 1 saturated heterocycles. The molecule has 6 heteroatoms. The predicted molar refractivity (Wildman–Crippen MR) is 113 cm³/mol. The minimum Gasteiger partial charge on any atom is -0.343 e. The van der Waals surface area contributed by atoms with Gasteiger partial charge >= 0.3 is 0 Å². The molecule has 0 spiro atoms. The number of nitrogens with zero attached hydrogens (tertiary/aromatic N) is 4. The van der Waals surface area contributed by atoms with Crippen LogP contribution in [0.2, 0.25) is 0 Å². The maximum atomic E-state index is 12.5. The van der Waals surface area contributed by atoms with E-state index in [1.807, 2.05) is 35.2 Å². The zero-order chi connectivity index (χ0) is 19.3. The van der Waals surface area contributed by atoms with Crippen LogP contribution < -0.4 is 4.90 Å². The fraction of sp³-hybridized carbons (Fsp3) is 0.318. The number of piperazine rings is 1. The van der Waals surface area contributed by atoms with Crippen LogP contribution in [0.4, 0.5) is 5.13 Å². The first-order valence-electron chi connectivity index (χ1n) is 9.62. The monoisotopic (exact) mass is 392 g/mol. The van der Waals surface area contributed by atoms with Gasteiger partial charge in [-0.15, -0.1) is 0 Å². The molecule has 1 aromatic heterocycles. The summed E-state index contributed by atoms with van der Waals surface area (Å²) in [4.78, 5) is 21.4. The molecule has 0 N–H and O–H groups in total. The third-order valence-corrected chi connectivity index (χ3v) is 5.86. The zero-order valence-electron chi connectivity index (χ0n) is 16.0. The number of aromatic nitrogens is 2. The van der Waals surface area contributed by atoms with Gasteiger partial charge in [0.1, 0.15) is 5.82 Å². The fourth-order valence-electron chi connectivity index (χ4n) is 3.36. The van der Waals surface area contributed by atoms with Crippen molar-refractivity contribution in [3.63, 3.8) is 0 Å². The fourth-order valence-corrected chi connectivity index (χ4v) is 4.10. The molecule has 1 fully saturated rings. The lowest BCUT2D eigenvalue weighted by Crippen LogP contribution is -2.49. The van der Waals surface area contributed by atoms with Gasteiger partial charge in [-0.1, -0.05) is 60.2 Å². The van der Waals surface area contributed by atoms with Gasteiger partial charge < -0.3 is 9.80 Å². The molecule has 0 bridgehead atoms. The van der Waals surface area contributed by atoms with Crippen LogP contribution in [-0.2, 0) is 17.6 Å². The number of hydrogen-bond donors (Lipinski definition) is 0. The van der Waals surface area contributed by atoms with Crippen LogP contribution in [0.25, 0.3) is 0 Å². The van der Waals surface area contributed by atoms with Gasteiger partial charge in [0, 0.05) is 44.1 Å². The Hall–Kier alpha value is -2.73. The maximum absolute atomic E-state index is 12.5. The van der Waals surface area contributed by atoms with Gasteiger partial charge in [-0.2, -0.15) is 4.37 Å². The Morgan fingerprint density at radius 3 is 2.39 bits per heavy atom. The Labute approximate surface area is 169 Å². The van der Waals surface area contributed by atoms with Crippen molar-refractivity contribution >= 4 is 22.6 Å². The largest absolute Gasteiger partial charge is 0.343 e. The Kier molecular flexibility index (Phi) is 5.67. The van der Waals surface area contributed by atoms with E-state index < -0.39 is 0 Å². The Morgan fingerprint density at radius 2 is 1.68 bits per heavy atom. The second-order valence-electron chi connectivity index (χ2n) is 7.19. The van der Waals surface area contributed by atoms with Crippen LogP contribution in [0, 0.1) is 6.92 Å². The van der Waals surface area contributed by atoms with Crippen LogP contribution >= 0.6 is 11.5 Å². The standard InChI is InChI=1S/C22H24N4OS/c1-17-7-9-19(10-8-17)15-20-23-22(28-24-20)26-13-11-25(12-14-26)21(27)16-18-5-3-2-4-6-18/h2-10H,11-16H2,1H3. The van der Waals surface area contributed by atoms with E-state index in [2.05, 4.69) is 40.5 Å². The van der Waals surface area contributed by atoms with E-state index in [-0.39, 0.29) is 5.91 Å². The SMILES string of the molecule is Cc1ccc(Cc2nsc(N3CCN(C(=O)Cc4ccccc4)CC3)n2)cc1. The van der Waals surface area contributed by atoms with Crippen LogP contribution in [0.3, 0.4) is 0 Å². The van der Waals surface area contributed by atoms with Crippen molar-refractivity contribution in [3.8, 4) is 0 Å². The van der Waals surface area contributed by atoms with E-state index >= 15 is 0 Å². The van der Waals surface area contributed by atoms with Crippen molar-refractivity contribution in [1.82, 2.24) is 14.3 Å². The van der Waals surface area contributed by atoms with Crippen molar-refractivity contribution < 1.29 is 4.79 Å². The molecule has 0 radical (unpaired) electrons. The number of hydrogen-bond acceptors (Lipinski definition) is 5. The summed E-state index contributed by atoms with van der Waals surface area (Å²) in [6.07, 6.45) is 1.23. The van der Waals surface area contributed by atoms with Crippen molar-refractivity contribution in [1.29, 1.82) is 0 Å². The lowest BCUT2D eigenvalue weighted by atomic mass is 10.1. The normalized spacial score (nSPS) is 14.3. The average Bonchev–Trinajstić information content (AvgIpc) is 3.19. The van der Waals surface area contributed by atoms with E-state index in [0.29, 0.717) is 6.42 Å². The Balaban J connectivity index is 1.31. The molecule has 1 aliphatic heterocycles. The molecule has 144 valence electrons. The summed E-state index contributed by atoms with van der Waals surface area (Å²) in [5, 5.41) is 0.956. The molecule has 0 unspecified atom stereocenters. The number of rotatable bonds is 5. The summed E-state index contributed by atoms with van der Waals surface area (Å²) >= 11 is 1.45. The molecular weight excluding hydrogens is 368 g/mol. The second kappa shape index (κ2) is 8.52. The number of anilines is 1. The predicted octanol–water partition coefficient (Wildman–Crippen LogP) is 3.33. The first kappa shape index (κ1) is 18.6. The average molecular weight is 393 g/mol. The number of benzene rings is 2. The first-order valence-corrected chi connectivity index (χ1v) is 10.4. The summed E-state index contributed by atoms with van der Waals surface area (Å²) in [5.41, 5.74) is 3.56. The number of carbonyl (C=O) groups is 1. The van der Waals surface area contributed by atoms with Gasteiger partial charge in [-0.05, 0) is 18.1 Å². The second-order valence-corrected chi connectivity index (χ2v) is 7.92. The summed E-state index contributed by atoms with van der Waals surface area (Å²) in [5.74, 6) is 1.06. The molecule has 0 aliphatic carbocycles. The van der Waals surface area contributed by atoms with Gasteiger partial charge in [0.2, 0.25) is 11.0 Å². The van der Waals surface area contributed by atoms with E-state index in [0.717, 1.165) is 49.1 Å². The lowest BCUT2D eigenvalue weighted by molar-refractivity contribution is -0.130. The summed E-state index contributed by atoms with van der Waals surface area (Å²) in [6, 6.07) is 18.4. The van der Waals surface area contributed by atoms with Crippen molar-refractivity contribution in [2.24, 2.45) is 0 Å². The van der Waals surface area contributed by atoms with Gasteiger partial charge in [0.05, 0.1) is 6.42 Å². The van der Waals surface area contributed by atoms with Gasteiger partial charge in [0.25, 0.3) is 0 Å². The van der Waals surface area contributed by atoms with Crippen molar-refractivity contribution in [2.45, 2.75) is 19.8 Å². The van der Waals surface area contributed by atoms with Crippen molar-refractivity contribution in [2.75, 3.05) is 31.1 Å². The van der Waals surface area contributed by atoms with Crippen LogP contribution in [-0.4, -0.2) is 46.3 Å². The highest BCUT2D eigenvalue weighted by molar-refractivity contribution is 7.09. The highest BCUT2D eigenvalue weighted by Gasteiger charge is 2.23. The molecule has 2 aromatic carbocycles.